The van der Waals surface area contributed by atoms with Crippen LogP contribution in [0.2, 0.25) is 0 Å². The highest BCUT2D eigenvalue weighted by Gasteiger charge is 2.24. The first-order valence-corrected chi connectivity index (χ1v) is 5.86. The van der Waals surface area contributed by atoms with Gasteiger partial charge in [0.05, 0.1) is 4.92 Å². The molecule has 0 spiro atoms. The summed E-state index contributed by atoms with van der Waals surface area (Å²) in [4.78, 5) is 9.95. The molecule has 0 unspecified atom stereocenters. The molecule has 0 bridgehead atoms. The molecule has 18 heavy (non-hydrogen) atoms. The molecule has 1 saturated heterocycles. The van der Waals surface area contributed by atoms with Crippen LogP contribution in [-0.4, -0.2) is 18.1 Å². The topological polar surface area (TPSA) is 78.4 Å². The average molecular weight is 254 g/mol. The van der Waals surface area contributed by atoms with Gasteiger partial charge in [-0.2, -0.15) is 4.39 Å². The van der Waals surface area contributed by atoms with E-state index in [1.54, 1.807) is 0 Å². The van der Waals surface area contributed by atoms with Crippen LogP contribution in [0.1, 0.15) is 24.4 Å². The molecule has 1 aromatic carbocycles. The highest BCUT2D eigenvalue weighted by atomic mass is 19.1. The Balaban J connectivity index is 2.21. The zero-order chi connectivity index (χ0) is 13.1. The van der Waals surface area contributed by atoms with Crippen molar-refractivity contribution in [2.24, 2.45) is 11.7 Å². The molecule has 0 saturated carbocycles. The van der Waals surface area contributed by atoms with E-state index in [1.807, 2.05) is 0 Å². The van der Waals surface area contributed by atoms with Crippen LogP contribution < -0.4 is 5.73 Å². The van der Waals surface area contributed by atoms with Crippen LogP contribution in [0, 0.1) is 21.8 Å². The summed E-state index contributed by atoms with van der Waals surface area (Å²) in [5.74, 6) is -0.605. The van der Waals surface area contributed by atoms with Gasteiger partial charge in [-0.15, -0.1) is 0 Å². The van der Waals surface area contributed by atoms with Gasteiger partial charge in [-0.05, 0) is 30.4 Å². The summed E-state index contributed by atoms with van der Waals surface area (Å²) in [7, 11) is 0. The van der Waals surface area contributed by atoms with Crippen LogP contribution >= 0.6 is 0 Å². The number of nitro groups is 1. The smallest absolute Gasteiger partial charge is 0.305 e. The molecule has 0 aromatic heterocycles. The van der Waals surface area contributed by atoms with E-state index in [4.69, 9.17) is 10.5 Å². The number of halogens is 1. The molecule has 1 atom stereocenters. The minimum Gasteiger partial charge on any atom is -0.381 e. The maximum atomic E-state index is 13.2. The van der Waals surface area contributed by atoms with Gasteiger partial charge < -0.3 is 10.5 Å². The van der Waals surface area contributed by atoms with Gasteiger partial charge in [-0.1, -0.05) is 6.07 Å². The zero-order valence-corrected chi connectivity index (χ0v) is 9.84. The second kappa shape index (κ2) is 5.41. The Kier molecular flexibility index (Phi) is 3.88. The maximum Gasteiger partial charge on any atom is 0.305 e. The summed E-state index contributed by atoms with van der Waals surface area (Å²) in [5, 5.41) is 10.7. The molecule has 0 amide bonds. The minimum absolute atomic E-state index is 0.226. The molecule has 98 valence electrons. The lowest BCUT2D eigenvalue weighted by Gasteiger charge is -2.27. The van der Waals surface area contributed by atoms with E-state index in [0.717, 1.165) is 18.9 Å². The van der Waals surface area contributed by atoms with Crippen molar-refractivity contribution in [3.05, 3.63) is 39.7 Å². The number of nitro benzene ring substituents is 1. The van der Waals surface area contributed by atoms with Crippen LogP contribution in [0.4, 0.5) is 10.1 Å². The summed E-state index contributed by atoms with van der Waals surface area (Å²) in [5.41, 5.74) is 6.18. The first-order chi connectivity index (χ1) is 8.59. The Morgan fingerprint density at radius 1 is 1.44 bits per heavy atom. The fourth-order valence-corrected chi connectivity index (χ4v) is 2.22. The Bertz CT molecular complexity index is 447. The van der Waals surface area contributed by atoms with Crippen LogP contribution in [0.15, 0.2) is 18.2 Å². The SMILES string of the molecule is N[C@H](c1ccc(F)c([N+](=O)[O-])c1)C1CCOCC1. The average Bonchev–Trinajstić information content (AvgIpc) is 2.39. The van der Waals surface area contributed by atoms with Gasteiger partial charge in [0.1, 0.15) is 0 Å². The molecule has 1 aromatic rings. The summed E-state index contributed by atoms with van der Waals surface area (Å²) in [6.07, 6.45) is 1.65. The third kappa shape index (κ3) is 2.65. The van der Waals surface area contributed by atoms with Crippen molar-refractivity contribution < 1.29 is 14.1 Å². The van der Waals surface area contributed by atoms with E-state index < -0.39 is 16.4 Å². The monoisotopic (exact) mass is 254 g/mol. The summed E-state index contributed by atoms with van der Waals surface area (Å²) < 4.78 is 18.5. The molecule has 1 heterocycles. The molecule has 1 aliphatic heterocycles. The third-order valence-corrected chi connectivity index (χ3v) is 3.33. The molecular weight excluding hydrogens is 239 g/mol. The molecule has 2 rings (SSSR count). The van der Waals surface area contributed by atoms with Crippen molar-refractivity contribution in [3.63, 3.8) is 0 Å². The van der Waals surface area contributed by atoms with Crippen LogP contribution in [0.5, 0.6) is 0 Å². The van der Waals surface area contributed by atoms with E-state index in [-0.39, 0.29) is 12.0 Å². The number of benzene rings is 1. The molecule has 2 N–H and O–H groups in total. The molecule has 0 radical (unpaired) electrons. The molecule has 1 fully saturated rings. The van der Waals surface area contributed by atoms with Gasteiger partial charge >= 0.3 is 5.69 Å². The lowest BCUT2D eigenvalue weighted by molar-refractivity contribution is -0.387. The van der Waals surface area contributed by atoms with Crippen LogP contribution in [0.3, 0.4) is 0 Å². The highest BCUT2D eigenvalue weighted by Crippen LogP contribution is 2.30. The van der Waals surface area contributed by atoms with Gasteiger partial charge in [0.2, 0.25) is 5.82 Å². The predicted octanol–water partition coefficient (Wildman–Crippen LogP) is 2.16. The number of rotatable bonds is 3. The zero-order valence-electron chi connectivity index (χ0n) is 9.84. The van der Waals surface area contributed by atoms with Gasteiger partial charge in [-0.3, -0.25) is 10.1 Å². The maximum absolute atomic E-state index is 13.2. The quantitative estimate of drug-likeness (QED) is 0.662. The molecule has 6 heteroatoms. The predicted molar refractivity (Wildman–Crippen MR) is 63.5 cm³/mol. The number of nitrogens with zero attached hydrogens (tertiary/aromatic N) is 1. The second-order valence-electron chi connectivity index (χ2n) is 4.44. The first-order valence-electron chi connectivity index (χ1n) is 5.86. The van der Waals surface area contributed by atoms with Crippen molar-refractivity contribution in [1.82, 2.24) is 0 Å². The van der Waals surface area contributed by atoms with E-state index in [1.165, 1.54) is 12.1 Å². The highest BCUT2D eigenvalue weighted by molar-refractivity contribution is 5.37. The Morgan fingerprint density at radius 2 is 2.11 bits per heavy atom. The van der Waals surface area contributed by atoms with Crippen molar-refractivity contribution in [1.29, 1.82) is 0 Å². The van der Waals surface area contributed by atoms with Crippen LogP contribution in [0.25, 0.3) is 0 Å². The van der Waals surface area contributed by atoms with Crippen molar-refractivity contribution in [2.75, 3.05) is 13.2 Å². The van der Waals surface area contributed by atoms with Gasteiger partial charge in [0.15, 0.2) is 0 Å². The first kappa shape index (κ1) is 12.9. The largest absolute Gasteiger partial charge is 0.381 e. The number of nitrogens with two attached hydrogens (primary N) is 1. The number of hydrogen-bond acceptors (Lipinski definition) is 4. The molecule has 1 aliphatic rings. The van der Waals surface area contributed by atoms with Crippen LogP contribution in [-0.2, 0) is 4.74 Å². The van der Waals surface area contributed by atoms with Gasteiger partial charge in [0.25, 0.3) is 0 Å². The lowest BCUT2D eigenvalue weighted by Crippen LogP contribution is -2.27. The Labute approximate surface area is 104 Å². The molecule has 5 nitrogen and oxygen atoms in total. The van der Waals surface area contributed by atoms with Crippen molar-refractivity contribution in [3.8, 4) is 0 Å². The molecule has 0 aliphatic carbocycles. The number of ether oxygens (including phenoxy) is 1. The van der Waals surface area contributed by atoms with E-state index in [0.29, 0.717) is 18.8 Å². The van der Waals surface area contributed by atoms with Crippen molar-refractivity contribution >= 4 is 5.69 Å². The molecular formula is C12H15FN2O3. The summed E-state index contributed by atoms with van der Waals surface area (Å²) in [6, 6.07) is 3.54. The van der Waals surface area contributed by atoms with Gasteiger partial charge in [0, 0.05) is 25.3 Å². The third-order valence-electron chi connectivity index (χ3n) is 3.33. The summed E-state index contributed by atoms with van der Waals surface area (Å²) >= 11 is 0. The Hall–Kier alpha value is -1.53. The standard InChI is InChI=1S/C12H15FN2O3/c13-10-2-1-9(7-11(10)15(16)17)12(14)8-3-5-18-6-4-8/h1-2,7-8,12H,3-6,14H2/t12-/m0/s1. The van der Waals surface area contributed by atoms with E-state index in [9.17, 15) is 14.5 Å². The fourth-order valence-electron chi connectivity index (χ4n) is 2.22. The fraction of sp³-hybridized carbons (Fsp3) is 0.500. The summed E-state index contributed by atoms with van der Waals surface area (Å²) in [6.45, 7) is 1.31. The Morgan fingerprint density at radius 3 is 2.72 bits per heavy atom. The minimum atomic E-state index is -0.831. The van der Waals surface area contributed by atoms with Gasteiger partial charge in [-0.25, -0.2) is 0 Å². The number of hydrogen-bond donors (Lipinski definition) is 1. The van der Waals surface area contributed by atoms with Crippen molar-refractivity contribution in [2.45, 2.75) is 18.9 Å². The van der Waals surface area contributed by atoms with E-state index in [2.05, 4.69) is 0 Å². The van der Waals surface area contributed by atoms with E-state index >= 15 is 0 Å². The second-order valence-corrected chi connectivity index (χ2v) is 4.44. The lowest BCUT2D eigenvalue weighted by atomic mass is 9.87. The normalized spacial score (nSPS) is 18.6.